The molecule has 19 heavy (non-hydrogen) atoms. The van der Waals surface area contributed by atoms with Crippen molar-refractivity contribution in [2.24, 2.45) is 0 Å². The summed E-state index contributed by atoms with van der Waals surface area (Å²) in [6.45, 7) is 0.306. The SMILES string of the molecule is O=[N+]([O-])c1ccc(OCc2cncc(Br)c2)cc1Cl. The van der Waals surface area contributed by atoms with Crippen molar-refractivity contribution in [3.8, 4) is 5.75 Å². The smallest absolute Gasteiger partial charge is 0.288 e. The molecule has 98 valence electrons. The maximum atomic E-state index is 10.6. The lowest BCUT2D eigenvalue weighted by atomic mass is 10.3. The van der Waals surface area contributed by atoms with Crippen LogP contribution in [-0.2, 0) is 6.61 Å². The zero-order valence-electron chi connectivity index (χ0n) is 9.55. The van der Waals surface area contributed by atoms with Crippen LogP contribution >= 0.6 is 27.5 Å². The molecule has 2 rings (SSSR count). The number of hydrogen-bond acceptors (Lipinski definition) is 4. The lowest BCUT2D eigenvalue weighted by Gasteiger charge is -2.06. The Hall–Kier alpha value is -1.66. The van der Waals surface area contributed by atoms with E-state index in [1.54, 1.807) is 12.4 Å². The van der Waals surface area contributed by atoms with E-state index in [1.165, 1.54) is 18.2 Å². The van der Waals surface area contributed by atoms with Gasteiger partial charge in [-0.25, -0.2) is 0 Å². The molecular formula is C12H8BrClN2O3. The molecule has 7 heteroatoms. The Morgan fingerprint density at radius 3 is 2.79 bits per heavy atom. The van der Waals surface area contributed by atoms with Gasteiger partial charge in [0, 0.05) is 34.6 Å². The molecule has 0 fully saturated rings. The van der Waals surface area contributed by atoms with Crippen molar-refractivity contribution in [1.82, 2.24) is 4.98 Å². The Balaban J connectivity index is 2.08. The van der Waals surface area contributed by atoms with Gasteiger partial charge in [0.1, 0.15) is 17.4 Å². The maximum Gasteiger partial charge on any atom is 0.288 e. The maximum absolute atomic E-state index is 10.6. The van der Waals surface area contributed by atoms with E-state index in [0.717, 1.165) is 10.0 Å². The van der Waals surface area contributed by atoms with Gasteiger partial charge in [-0.15, -0.1) is 0 Å². The van der Waals surface area contributed by atoms with E-state index < -0.39 is 4.92 Å². The minimum absolute atomic E-state index is 0.0508. The third-order valence-electron chi connectivity index (χ3n) is 2.28. The summed E-state index contributed by atoms with van der Waals surface area (Å²) >= 11 is 9.10. The topological polar surface area (TPSA) is 65.3 Å². The standard InChI is InChI=1S/C12H8BrClN2O3/c13-9-3-8(5-15-6-9)7-19-10-1-2-12(16(17)18)11(14)4-10/h1-6H,7H2. The fourth-order valence-corrected chi connectivity index (χ4v) is 2.08. The summed E-state index contributed by atoms with van der Waals surface area (Å²) < 4.78 is 6.35. The first kappa shape index (κ1) is 13.8. The average Bonchev–Trinajstić information content (AvgIpc) is 2.36. The molecular weight excluding hydrogens is 336 g/mol. The van der Waals surface area contributed by atoms with Gasteiger partial charge in [0.2, 0.25) is 0 Å². The summed E-state index contributed by atoms with van der Waals surface area (Å²) in [6.07, 6.45) is 3.35. The lowest BCUT2D eigenvalue weighted by molar-refractivity contribution is -0.384. The first-order chi connectivity index (χ1) is 9.06. The molecule has 0 atom stereocenters. The summed E-state index contributed by atoms with van der Waals surface area (Å²) in [4.78, 5) is 14.1. The molecule has 0 aliphatic heterocycles. The Morgan fingerprint density at radius 1 is 1.37 bits per heavy atom. The summed E-state index contributed by atoms with van der Waals surface area (Å²) in [5.74, 6) is 0.468. The van der Waals surface area contributed by atoms with Gasteiger partial charge < -0.3 is 4.74 Å². The van der Waals surface area contributed by atoms with E-state index in [4.69, 9.17) is 16.3 Å². The minimum atomic E-state index is -0.537. The largest absolute Gasteiger partial charge is 0.489 e. The van der Waals surface area contributed by atoms with Gasteiger partial charge in [-0.1, -0.05) is 11.6 Å². The zero-order chi connectivity index (χ0) is 13.8. The summed E-state index contributed by atoms with van der Waals surface area (Å²) in [5, 5.41) is 10.7. The van der Waals surface area contributed by atoms with E-state index >= 15 is 0 Å². The highest BCUT2D eigenvalue weighted by molar-refractivity contribution is 9.10. The van der Waals surface area contributed by atoms with Crippen molar-refractivity contribution >= 4 is 33.2 Å². The highest BCUT2D eigenvalue weighted by Crippen LogP contribution is 2.28. The van der Waals surface area contributed by atoms with Crippen LogP contribution < -0.4 is 4.74 Å². The van der Waals surface area contributed by atoms with Crippen LogP contribution in [0.3, 0.4) is 0 Å². The monoisotopic (exact) mass is 342 g/mol. The molecule has 1 heterocycles. The predicted octanol–water partition coefficient (Wildman–Crippen LogP) is 3.98. The normalized spacial score (nSPS) is 10.2. The molecule has 0 radical (unpaired) electrons. The van der Waals surface area contributed by atoms with Crippen LogP contribution in [0.15, 0.2) is 41.1 Å². The number of pyridine rings is 1. The molecule has 1 aromatic heterocycles. The van der Waals surface area contributed by atoms with Gasteiger partial charge in [-0.2, -0.15) is 0 Å². The van der Waals surface area contributed by atoms with Crippen molar-refractivity contribution < 1.29 is 9.66 Å². The first-order valence-electron chi connectivity index (χ1n) is 5.22. The summed E-state index contributed by atoms with van der Waals surface area (Å²) in [6, 6.07) is 6.12. The fraction of sp³-hybridized carbons (Fsp3) is 0.0833. The number of aromatic nitrogens is 1. The number of ether oxygens (including phenoxy) is 1. The van der Waals surface area contributed by atoms with Crippen molar-refractivity contribution in [2.75, 3.05) is 0 Å². The van der Waals surface area contributed by atoms with Gasteiger partial charge in [0.15, 0.2) is 0 Å². The van der Waals surface area contributed by atoms with Crippen LogP contribution in [0, 0.1) is 10.1 Å². The van der Waals surface area contributed by atoms with Crippen molar-refractivity contribution in [3.63, 3.8) is 0 Å². The van der Waals surface area contributed by atoms with E-state index in [-0.39, 0.29) is 10.7 Å². The molecule has 0 bridgehead atoms. The number of nitrogens with zero attached hydrogens (tertiary/aromatic N) is 2. The van der Waals surface area contributed by atoms with Crippen LogP contribution in [-0.4, -0.2) is 9.91 Å². The van der Waals surface area contributed by atoms with Crippen molar-refractivity contribution in [1.29, 1.82) is 0 Å². The average molecular weight is 344 g/mol. The Kier molecular flexibility index (Phi) is 4.34. The zero-order valence-corrected chi connectivity index (χ0v) is 11.9. The number of halogens is 2. The first-order valence-corrected chi connectivity index (χ1v) is 6.39. The molecule has 0 amide bonds. The number of nitro groups is 1. The van der Waals surface area contributed by atoms with Gasteiger partial charge in [0.25, 0.3) is 5.69 Å². The Labute approximate surface area is 122 Å². The Morgan fingerprint density at radius 2 is 2.16 bits per heavy atom. The molecule has 0 saturated heterocycles. The highest BCUT2D eigenvalue weighted by atomic mass is 79.9. The van der Waals surface area contributed by atoms with Gasteiger partial charge >= 0.3 is 0 Å². The van der Waals surface area contributed by atoms with Gasteiger partial charge in [-0.05, 0) is 28.1 Å². The Bertz CT molecular complexity index is 622. The molecule has 0 spiro atoms. The van der Waals surface area contributed by atoms with Crippen LogP contribution in [0.2, 0.25) is 5.02 Å². The molecule has 0 N–H and O–H groups in total. The van der Waals surface area contributed by atoms with Gasteiger partial charge in [-0.3, -0.25) is 15.1 Å². The third kappa shape index (κ3) is 3.65. The number of benzene rings is 1. The van der Waals surface area contributed by atoms with Crippen LogP contribution in [0.1, 0.15) is 5.56 Å². The van der Waals surface area contributed by atoms with Gasteiger partial charge in [0.05, 0.1) is 4.92 Å². The second kappa shape index (κ2) is 5.99. The van der Waals surface area contributed by atoms with E-state index in [9.17, 15) is 10.1 Å². The predicted molar refractivity (Wildman–Crippen MR) is 74.4 cm³/mol. The summed E-state index contributed by atoms with van der Waals surface area (Å²) in [5.41, 5.74) is 0.738. The van der Waals surface area contributed by atoms with Crippen molar-refractivity contribution in [3.05, 3.63) is 61.8 Å². The minimum Gasteiger partial charge on any atom is -0.489 e. The number of rotatable bonds is 4. The van der Waals surface area contributed by atoms with E-state index in [0.29, 0.717) is 12.4 Å². The lowest BCUT2D eigenvalue weighted by Crippen LogP contribution is -1.97. The van der Waals surface area contributed by atoms with Crippen LogP contribution in [0.5, 0.6) is 5.75 Å². The van der Waals surface area contributed by atoms with Crippen molar-refractivity contribution in [2.45, 2.75) is 6.61 Å². The molecule has 0 aliphatic rings. The number of hydrogen-bond donors (Lipinski definition) is 0. The quantitative estimate of drug-likeness (QED) is 0.622. The summed E-state index contributed by atoms with van der Waals surface area (Å²) in [7, 11) is 0. The van der Waals surface area contributed by atoms with Crippen LogP contribution in [0.25, 0.3) is 0 Å². The second-order valence-electron chi connectivity index (χ2n) is 3.67. The molecule has 1 aromatic carbocycles. The molecule has 2 aromatic rings. The highest BCUT2D eigenvalue weighted by Gasteiger charge is 2.12. The third-order valence-corrected chi connectivity index (χ3v) is 3.02. The van der Waals surface area contributed by atoms with E-state index in [1.807, 2.05) is 6.07 Å². The molecule has 0 unspecified atom stereocenters. The number of nitro benzene ring substituents is 1. The fourth-order valence-electron chi connectivity index (χ4n) is 1.43. The van der Waals surface area contributed by atoms with Crippen LogP contribution in [0.4, 0.5) is 5.69 Å². The molecule has 0 aliphatic carbocycles. The molecule has 0 saturated carbocycles. The molecule has 5 nitrogen and oxygen atoms in total. The second-order valence-corrected chi connectivity index (χ2v) is 4.99. The van der Waals surface area contributed by atoms with E-state index in [2.05, 4.69) is 20.9 Å².